The third-order valence-corrected chi connectivity index (χ3v) is 2.36. The van der Waals surface area contributed by atoms with E-state index in [4.69, 9.17) is 0 Å². The lowest BCUT2D eigenvalue weighted by Gasteiger charge is -2.15. The predicted octanol–water partition coefficient (Wildman–Crippen LogP) is 1.47. The van der Waals surface area contributed by atoms with E-state index in [1.807, 2.05) is 0 Å². The SMILES string of the molecule is CCNc1nc(NC(C)C(=O)NC)cc(C(F)(F)F)n1. The summed E-state index contributed by atoms with van der Waals surface area (Å²) in [5.74, 6) is -0.574. The Balaban J connectivity index is 3.06. The maximum Gasteiger partial charge on any atom is 0.433 e. The van der Waals surface area contributed by atoms with E-state index in [1.165, 1.54) is 14.0 Å². The lowest BCUT2D eigenvalue weighted by molar-refractivity contribution is -0.141. The smallest absolute Gasteiger partial charge is 0.358 e. The Labute approximate surface area is 114 Å². The van der Waals surface area contributed by atoms with Crippen molar-refractivity contribution in [3.05, 3.63) is 11.8 Å². The van der Waals surface area contributed by atoms with Gasteiger partial charge < -0.3 is 16.0 Å². The standard InChI is InChI=1S/C11H16F3N5O/c1-4-16-10-18-7(11(12,13)14)5-8(19-10)17-6(2)9(20)15-3/h5-6H,4H2,1-3H3,(H,15,20)(H2,16,17,18,19). The number of anilines is 2. The van der Waals surface area contributed by atoms with Crippen molar-refractivity contribution in [1.82, 2.24) is 15.3 Å². The molecule has 20 heavy (non-hydrogen) atoms. The van der Waals surface area contributed by atoms with Crippen molar-refractivity contribution in [2.24, 2.45) is 0 Å². The van der Waals surface area contributed by atoms with Gasteiger partial charge in [-0.05, 0) is 13.8 Å². The van der Waals surface area contributed by atoms with Crippen LogP contribution in [0.15, 0.2) is 6.07 Å². The molecule has 1 rings (SSSR count). The molecule has 1 unspecified atom stereocenters. The largest absolute Gasteiger partial charge is 0.433 e. The summed E-state index contributed by atoms with van der Waals surface area (Å²) in [6, 6.07) is 0.0470. The van der Waals surface area contributed by atoms with E-state index in [1.54, 1.807) is 6.92 Å². The number of hydrogen-bond donors (Lipinski definition) is 3. The van der Waals surface area contributed by atoms with E-state index in [-0.39, 0.29) is 17.7 Å². The number of amides is 1. The van der Waals surface area contributed by atoms with Crippen LogP contribution in [0.4, 0.5) is 24.9 Å². The first-order valence-electron chi connectivity index (χ1n) is 5.96. The van der Waals surface area contributed by atoms with Gasteiger partial charge in [0.2, 0.25) is 11.9 Å². The minimum atomic E-state index is -4.58. The quantitative estimate of drug-likeness (QED) is 0.765. The topological polar surface area (TPSA) is 78.9 Å². The van der Waals surface area contributed by atoms with Crippen molar-refractivity contribution in [3.63, 3.8) is 0 Å². The Kier molecular flexibility index (Phi) is 5.12. The molecule has 1 aromatic rings. The second kappa shape index (κ2) is 6.40. The van der Waals surface area contributed by atoms with Crippen molar-refractivity contribution in [3.8, 4) is 0 Å². The number of nitrogens with one attached hydrogen (secondary N) is 3. The van der Waals surface area contributed by atoms with Crippen LogP contribution in [0.2, 0.25) is 0 Å². The molecule has 1 amide bonds. The molecule has 0 spiro atoms. The third kappa shape index (κ3) is 4.25. The number of carbonyl (C=O) groups is 1. The summed E-state index contributed by atoms with van der Waals surface area (Å²) in [6.07, 6.45) is -4.58. The molecule has 0 radical (unpaired) electrons. The lowest BCUT2D eigenvalue weighted by Crippen LogP contribution is -2.35. The number of carbonyl (C=O) groups excluding carboxylic acids is 1. The van der Waals surface area contributed by atoms with Crippen LogP contribution in [0.3, 0.4) is 0 Å². The summed E-state index contributed by atoms with van der Waals surface area (Å²) in [5, 5.41) is 7.60. The van der Waals surface area contributed by atoms with E-state index in [9.17, 15) is 18.0 Å². The highest BCUT2D eigenvalue weighted by atomic mass is 19.4. The van der Waals surface area contributed by atoms with Gasteiger partial charge in [-0.1, -0.05) is 0 Å². The van der Waals surface area contributed by atoms with Crippen molar-refractivity contribution >= 4 is 17.7 Å². The fourth-order valence-electron chi connectivity index (χ4n) is 1.41. The van der Waals surface area contributed by atoms with E-state index < -0.39 is 17.9 Å². The van der Waals surface area contributed by atoms with Gasteiger partial charge in [0.1, 0.15) is 11.9 Å². The third-order valence-electron chi connectivity index (χ3n) is 2.36. The zero-order chi connectivity index (χ0) is 15.3. The van der Waals surface area contributed by atoms with Gasteiger partial charge in [0.15, 0.2) is 5.69 Å². The first-order valence-corrected chi connectivity index (χ1v) is 5.96. The molecule has 0 aliphatic heterocycles. The molecule has 0 bridgehead atoms. The summed E-state index contributed by atoms with van der Waals surface area (Å²) in [6.45, 7) is 3.61. The predicted molar refractivity (Wildman–Crippen MR) is 68.3 cm³/mol. The molecule has 0 aromatic carbocycles. The number of rotatable bonds is 5. The number of nitrogens with zero attached hydrogens (tertiary/aromatic N) is 2. The minimum Gasteiger partial charge on any atom is -0.358 e. The average Bonchev–Trinajstić information content (AvgIpc) is 2.36. The molecule has 6 nitrogen and oxygen atoms in total. The number of likely N-dealkylation sites (N-methyl/N-ethyl adjacent to an activating group) is 1. The molecule has 0 saturated heterocycles. The van der Waals surface area contributed by atoms with Crippen LogP contribution in [0, 0.1) is 0 Å². The highest BCUT2D eigenvalue weighted by Gasteiger charge is 2.34. The van der Waals surface area contributed by atoms with Gasteiger partial charge in [-0.15, -0.1) is 0 Å². The molecular formula is C11H16F3N5O. The minimum absolute atomic E-state index is 0.0700. The molecule has 112 valence electrons. The molecule has 0 fully saturated rings. The van der Waals surface area contributed by atoms with Crippen LogP contribution in [0.1, 0.15) is 19.5 Å². The Hall–Kier alpha value is -2.06. The van der Waals surface area contributed by atoms with Gasteiger partial charge >= 0.3 is 6.18 Å². The van der Waals surface area contributed by atoms with Crippen molar-refractivity contribution in [2.75, 3.05) is 24.2 Å². The number of aromatic nitrogens is 2. The van der Waals surface area contributed by atoms with E-state index >= 15 is 0 Å². The van der Waals surface area contributed by atoms with Gasteiger partial charge in [0.25, 0.3) is 0 Å². The van der Waals surface area contributed by atoms with Crippen LogP contribution in [-0.2, 0) is 11.0 Å². The van der Waals surface area contributed by atoms with E-state index in [0.29, 0.717) is 6.54 Å². The molecule has 0 aliphatic rings. The Bertz CT molecular complexity index is 478. The second-order valence-electron chi connectivity index (χ2n) is 3.97. The molecule has 9 heteroatoms. The highest BCUT2D eigenvalue weighted by molar-refractivity contribution is 5.83. The number of alkyl halides is 3. The van der Waals surface area contributed by atoms with Gasteiger partial charge in [-0.3, -0.25) is 4.79 Å². The molecule has 1 aromatic heterocycles. The van der Waals surface area contributed by atoms with Crippen LogP contribution in [-0.4, -0.2) is 35.5 Å². The molecule has 0 aliphatic carbocycles. The molecule has 1 heterocycles. The van der Waals surface area contributed by atoms with Gasteiger partial charge in [0.05, 0.1) is 0 Å². The maximum atomic E-state index is 12.7. The van der Waals surface area contributed by atoms with Crippen LogP contribution in [0.25, 0.3) is 0 Å². The summed E-state index contributed by atoms with van der Waals surface area (Å²) in [5.41, 5.74) is -1.07. The van der Waals surface area contributed by atoms with Gasteiger partial charge in [0, 0.05) is 19.7 Å². The number of halogens is 3. The molecular weight excluding hydrogens is 275 g/mol. The van der Waals surface area contributed by atoms with Gasteiger partial charge in [-0.25, -0.2) is 4.98 Å². The normalized spacial score (nSPS) is 12.7. The number of hydrogen-bond acceptors (Lipinski definition) is 5. The molecule has 3 N–H and O–H groups in total. The summed E-state index contributed by atoms with van der Waals surface area (Å²) in [7, 11) is 1.44. The van der Waals surface area contributed by atoms with Crippen LogP contribution >= 0.6 is 0 Å². The van der Waals surface area contributed by atoms with Crippen LogP contribution in [0.5, 0.6) is 0 Å². The highest BCUT2D eigenvalue weighted by Crippen LogP contribution is 2.29. The monoisotopic (exact) mass is 291 g/mol. The Morgan fingerprint density at radius 3 is 2.55 bits per heavy atom. The molecule has 1 atom stereocenters. The van der Waals surface area contributed by atoms with Crippen molar-refractivity contribution in [2.45, 2.75) is 26.1 Å². The Morgan fingerprint density at radius 2 is 2.05 bits per heavy atom. The lowest BCUT2D eigenvalue weighted by atomic mass is 10.3. The Morgan fingerprint density at radius 1 is 1.40 bits per heavy atom. The first-order chi connectivity index (χ1) is 9.27. The first kappa shape index (κ1) is 16.0. The van der Waals surface area contributed by atoms with E-state index in [0.717, 1.165) is 6.07 Å². The summed E-state index contributed by atoms with van der Waals surface area (Å²) < 4.78 is 38.2. The zero-order valence-electron chi connectivity index (χ0n) is 11.3. The summed E-state index contributed by atoms with van der Waals surface area (Å²) >= 11 is 0. The second-order valence-corrected chi connectivity index (χ2v) is 3.97. The summed E-state index contributed by atoms with van der Waals surface area (Å²) in [4.78, 5) is 18.6. The zero-order valence-corrected chi connectivity index (χ0v) is 11.3. The fraction of sp³-hybridized carbons (Fsp3) is 0.545. The average molecular weight is 291 g/mol. The van der Waals surface area contributed by atoms with Crippen LogP contribution < -0.4 is 16.0 Å². The van der Waals surface area contributed by atoms with Gasteiger partial charge in [-0.2, -0.15) is 18.2 Å². The fourth-order valence-corrected chi connectivity index (χ4v) is 1.41. The maximum absolute atomic E-state index is 12.7. The van der Waals surface area contributed by atoms with Crippen molar-refractivity contribution < 1.29 is 18.0 Å². The van der Waals surface area contributed by atoms with Crippen molar-refractivity contribution in [1.29, 1.82) is 0 Å². The van der Waals surface area contributed by atoms with E-state index in [2.05, 4.69) is 25.9 Å². The molecule has 0 saturated carbocycles.